The van der Waals surface area contributed by atoms with Crippen LogP contribution in [-0.2, 0) is 6.42 Å². The van der Waals surface area contributed by atoms with Crippen LogP contribution in [0.1, 0.15) is 19.7 Å². The predicted octanol–water partition coefficient (Wildman–Crippen LogP) is 0.608. The summed E-state index contributed by atoms with van der Waals surface area (Å²) in [5, 5.41) is 7.40. The number of hydrogen-bond donors (Lipinski definition) is 1. The highest BCUT2D eigenvalue weighted by Crippen LogP contribution is 2.14. The first kappa shape index (κ1) is 14.3. The first-order valence-electron chi connectivity index (χ1n) is 7.03. The van der Waals surface area contributed by atoms with Gasteiger partial charge in [-0.1, -0.05) is 13.8 Å². The van der Waals surface area contributed by atoms with Crippen molar-refractivity contribution >= 4 is 5.95 Å². The molecule has 1 aliphatic rings. The van der Waals surface area contributed by atoms with Gasteiger partial charge in [-0.05, 0) is 25.2 Å². The zero-order valence-corrected chi connectivity index (χ0v) is 12.4. The Morgan fingerprint density at radius 2 is 1.95 bits per heavy atom. The zero-order valence-electron chi connectivity index (χ0n) is 12.4. The standard InChI is InChI=1S/C13H25N5O/c1-10(2)11(14-3)9-12-15-13(16-19-12)18-7-5-17(4)6-8-18/h10-11,14H,5-9H2,1-4H3. The van der Waals surface area contributed by atoms with Crippen molar-refractivity contribution < 1.29 is 4.52 Å². The third-order valence-corrected chi connectivity index (χ3v) is 3.81. The lowest BCUT2D eigenvalue weighted by atomic mass is 10.0. The van der Waals surface area contributed by atoms with Gasteiger partial charge in [-0.25, -0.2) is 0 Å². The average Bonchev–Trinajstić information content (AvgIpc) is 2.85. The van der Waals surface area contributed by atoms with Crippen LogP contribution in [0.25, 0.3) is 0 Å². The maximum absolute atomic E-state index is 5.37. The van der Waals surface area contributed by atoms with E-state index in [9.17, 15) is 0 Å². The lowest BCUT2D eigenvalue weighted by Gasteiger charge is -2.31. The molecule has 0 aliphatic carbocycles. The second kappa shape index (κ2) is 6.34. The number of piperazine rings is 1. The maximum Gasteiger partial charge on any atom is 0.266 e. The summed E-state index contributed by atoms with van der Waals surface area (Å²) < 4.78 is 5.37. The van der Waals surface area contributed by atoms with Crippen LogP contribution < -0.4 is 10.2 Å². The Labute approximate surface area is 115 Å². The van der Waals surface area contributed by atoms with E-state index in [0.29, 0.717) is 12.0 Å². The lowest BCUT2D eigenvalue weighted by Crippen LogP contribution is -2.44. The van der Waals surface area contributed by atoms with Gasteiger partial charge in [-0.15, -0.1) is 0 Å². The molecule has 1 fully saturated rings. The van der Waals surface area contributed by atoms with Gasteiger partial charge in [-0.3, -0.25) is 0 Å². The first-order chi connectivity index (χ1) is 9.10. The van der Waals surface area contributed by atoms with Crippen molar-refractivity contribution in [2.75, 3.05) is 45.2 Å². The van der Waals surface area contributed by atoms with Crippen molar-refractivity contribution in [1.82, 2.24) is 20.4 Å². The van der Waals surface area contributed by atoms with E-state index in [2.05, 4.69) is 46.2 Å². The summed E-state index contributed by atoms with van der Waals surface area (Å²) in [6, 6.07) is 0.376. The highest BCUT2D eigenvalue weighted by molar-refractivity contribution is 5.28. The highest BCUT2D eigenvalue weighted by Gasteiger charge is 2.21. The number of nitrogens with one attached hydrogen (secondary N) is 1. The topological polar surface area (TPSA) is 57.4 Å². The molecule has 1 N–H and O–H groups in total. The van der Waals surface area contributed by atoms with Gasteiger partial charge in [0.2, 0.25) is 5.89 Å². The third kappa shape index (κ3) is 3.67. The number of anilines is 1. The highest BCUT2D eigenvalue weighted by atomic mass is 16.5. The van der Waals surface area contributed by atoms with Crippen molar-refractivity contribution in [2.24, 2.45) is 5.92 Å². The molecule has 0 amide bonds. The molecule has 0 bridgehead atoms. The van der Waals surface area contributed by atoms with Gasteiger partial charge in [-0.2, -0.15) is 4.98 Å². The molecule has 0 aromatic carbocycles. The Balaban J connectivity index is 1.95. The molecule has 1 saturated heterocycles. The van der Waals surface area contributed by atoms with Gasteiger partial charge in [0.05, 0.1) is 0 Å². The van der Waals surface area contributed by atoms with Crippen LogP contribution in [0, 0.1) is 5.92 Å². The predicted molar refractivity (Wildman–Crippen MR) is 75.4 cm³/mol. The van der Waals surface area contributed by atoms with E-state index in [0.717, 1.165) is 44.4 Å². The summed E-state index contributed by atoms with van der Waals surface area (Å²) in [4.78, 5) is 9.02. The molecule has 1 aliphatic heterocycles. The summed E-state index contributed by atoms with van der Waals surface area (Å²) in [7, 11) is 4.11. The Morgan fingerprint density at radius 1 is 1.26 bits per heavy atom. The van der Waals surface area contributed by atoms with E-state index in [1.54, 1.807) is 0 Å². The van der Waals surface area contributed by atoms with E-state index in [4.69, 9.17) is 4.52 Å². The van der Waals surface area contributed by atoms with Crippen LogP contribution >= 0.6 is 0 Å². The molecule has 1 unspecified atom stereocenters. The number of likely N-dealkylation sites (N-methyl/N-ethyl adjacent to an activating group) is 2. The van der Waals surface area contributed by atoms with Crippen molar-refractivity contribution in [3.63, 3.8) is 0 Å². The largest absolute Gasteiger partial charge is 0.337 e. The van der Waals surface area contributed by atoms with Crippen LogP contribution in [0.3, 0.4) is 0 Å². The number of aromatic nitrogens is 2. The molecule has 108 valence electrons. The lowest BCUT2D eigenvalue weighted by molar-refractivity contribution is 0.307. The first-order valence-corrected chi connectivity index (χ1v) is 7.03. The fourth-order valence-electron chi connectivity index (χ4n) is 2.32. The summed E-state index contributed by atoms with van der Waals surface area (Å²) in [5.74, 6) is 2.01. The van der Waals surface area contributed by atoms with E-state index in [1.807, 2.05) is 7.05 Å². The van der Waals surface area contributed by atoms with Crippen molar-refractivity contribution in [1.29, 1.82) is 0 Å². The molecule has 1 aromatic heterocycles. The van der Waals surface area contributed by atoms with Gasteiger partial charge < -0.3 is 19.6 Å². The number of nitrogens with zero attached hydrogens (tertiary/aromatic N) is 4. The molecule has 6 heteroatoms. The average molecular weight is 267 g/mol. The molecule has 19 heavy (non-hydrogen) atoms. The quantitative estimate of drug-likeness (QED) is 0.843. The smallest absolute Gasteiger partial charge is 0.266 e. The maximum atomic E-state index is 5.37. The van der Waals surface area contributed by atoms with Gasteiger partial charge in [0.25, 0.3) is 5.95 Å². The Bertz CT molecular complexity index is 384. The minimum atomic E-state index is 0.376. The molecular weight excluding hydrogens is 242 g/mol. The van der Waals surface area contributed by atoms with E-state index < -0.39 is 0 Å². The Hall–Kier alpha value is -1.14. The van der Waals surface area contributed by atoms with Gasteiger partial charge in [0.15, 0.2) is 0 Å². The number of rotatable bonds is 5. The summed E-state index contributed by atoms with van der Waals surface area (Å²) in [6.45, 7) is 8.42. The Kier molecular flexibility index (Phi) is 4.76. The molecule has 1 aromatic rings. The SMILES string of the molecule is CNC(Cc1nc(N2CCN(C)CC2)no1)C(C)C. The second-order valence-corrected chi connectivity index (χ2v) is 5.62. The molecular formula is C13H25N5O. The van der Waals surface area contributed by atoms with Crippen LogP contribution in [-0.4, -0.2) is 61.4 Å². The normalized spacial score (nSPS) is 19.1. The fraction of sp³-hybridized carbons (Fsp3) is 0.846. The van der Waals surface area contributed by atoms with Gasteiger partial charge in [0.1, 0.15) is 0 Å². The molecule has 2 rings (SSSR count). The van der Waals surface area contributed by atoms with Crippen LogP contribution in [0.4, 0.5) is 5.95 Å². The molecule has 0 spiro atoms. The summed E-state index contributed by atoms with van der Waals surface area (Å²) >= 11 is 0. The number of hydrogen-bond acceptors (Lipinski definition) is 6. The summed E-state index contributed by atoms with van der Waals surface area (Å²) in [5.41, 5.74) is 0. The van der Waals surface area contributed by atoms with Gasteiger partial charge >= 0.3 is 0 Å². The zero-order chi connectivity index (χ0) is 13.8. The van der Waals surface area contributed by atoms with E-state index in [1.165, 1.54) is 0 Å². The fourth-order valence-corrected chi connectivity index (χ4v) is 2.32. The van der Waals surface area contributed by atoms with Crippen molar-refractivity contribution in [3.05, 3.63) is 5.89 Å². The van der Waals surface area contributed by atoms with Crippen LogP contribution in [0.2, 0.25) is 0 Å². The monoisotopic (exact) mass is 267 g/mol. The van der Waals surface area contributed by atoms with E-state index in [-0.39, 0.29) is 0 Å². The molecule has 2 heterocycles. The van der Waals surface area contributed by atoms with E-state index >= 15 is 0 Å². The van der Waals surface area contributed by atoms with Gasteiger partial charge in [0, 0.05) is 38.6 Å². The molecule has 0 saturated carbocycles. The second-order valence-electron chi connectivity index (χ2n) is 5.62. The Morgan fingerprint density at radius 3 is 2.53 bits per heavy atom. The summed E-state index contributed by atoms with van der Waals surface area (Å²) in [6.07, 6.45) is 0.787. The van der Waals surface area contributed by atoms with Crippen molar-refractivity contribution in [2.45, 2.75) is 26.3 Å². The minimum absolute atomic E-state index is 0.376. The molecule has 1 atom stereocenters. The van der Waals surface area contributed by atoms with Crippen molar-refractivity contribution in [3.8, 4) is 0 Å². The van der Waals surface area contributed by atoms with Crippen LogP contribution in [0.15, 0.2) is 4.52 Å². The molecule has 6 nitrogen and oxygen atoms in total. The minimum Gasteiger partial charge on any atom is -0.337 e. The van der Waals surface area contributed by atoms with Crippen LogP contribution in [0.5, 0.6) is 0 Å². The third-order valence-electron chi connectivity index (χ3n) is 3.81. The molecule has 0 radical (unpaired) electrons.